The zero-order valence-electron chi connectivity index (χ0n) is 16.9. The zero-order chi connectivity index (χ0) is 19.9. The number of benzene rings is 3. The maximum absolute atomic E-state index is 6.20. The summed E-state index contributed by atoms with van der Waals surface area (Å²) in [5, 5.41) is 0.831. The van der Waals surface area contributed by atoms with Gasteiger partial charge in [0.25, 0.3) is 0 Å². The van der Waals surface area contributed by atoms with E-state index in [-0.39, 0.29) is 0 Å². The highest BCUT2D eigenvalue weighted by molar-refractivity contribution is 6.30. The average molecular weight is 405 g/mol. The fourth-order valence-corrected chi connectivity index (χ4v) is 4.48. The van der Waals surface area contributed by atoms with Crippen LogP contribution in [0.15, 0.2) is 84.9 Å². The predicted octanol–water partition coefficient (Wildman–Crippen LogP) is 5.66. The Bertz CT molecular complexity index is 881. The van der Waals surface area contributed by atoms with Crippen LogP contribution in [0.5, 0.6) is 0 Å². The van der Waals surface area contributed by atoms with Crippen molar-refractivity contribution in [2.75, 3.05) is 19.6 Å². The van der Waals surface area contributed by atoms with Gasteiger partial charge in [0.2, 0.25) is 0 Å². The molecule has 0 bridgehead atoms. The summed E-state index contributed by atoms with van der Waals surface area (Å²) in [5.74, 6) is 0. The Morgan fingerprint density at radius 3 is 2.07 bits per heavy atom. The van der Waals surface area contributed by atoms with Crippen molar-refractivity contribution in [3.63, 3.8) is 0 Å². The van der Waals surface area contributed by atoms with Gasteiger partial charge in [-0.25, -0.2) is 0 Å². The van der Waals surface area contributed by atoms with Crippen molar-refractivity contribution >= 4 is 11.6 Å². The molecule has 1 aliphatic heterocycles. The van der Waals surface area contributed by atoms with Gasteiger partial charge < -0.3 is 0 Å². The SMILES string of the molecule is Clc1cccc(CC[C@H]2CN(Cc3ccccc3)CCN2Cc2ccccc2)c1. The lowest BCUT2D eigenvalue weighted by atomic mass is 10.0. The maximum Gasteiger partial charge on any atom is 0.0408 e. The molecule has 0 aliphatic carbocycles. The van der Waals surface area contributed by atoms with E-state index in [4.69, 9.17) is 11.6 Å². The summed E-state index contributed by atoms with van der Waals surface area (Å²) < 4.78 is 0. The van der Waals surface area contributed by atoms with Crippen LogP contribution in [-0.2, 0) is 19.5 Å². The minimum Gasteiger partial charge on any atom is -0.296 e. The first kappa shape index (κ1) is 20.2. The molecule has 0 N–H and O–H groups in total. The van der Waals surface area contributed by atoms with Gasteiger partial charge in [-0.2, -0.15) is 0 Å². The molecule has 3 aromatic rings. The van der Waals surface area contributed by atoms with E-state index in [2.05, 4.69) is 88.7 Å². The van der Waals surface area contributed by atoms with Crippen LogP contribution in [0.2, 0.25) is 5.02 Å². The highest BCUT2D eigenvalue weighted by Crippen LogP contribution is 2.21. The fraction of sp³-hybridized carbons (Fsp3) is 0.308. The van der Waals surface area contributed by atoms with Gasteiger partial charge in [0.15, 0.2) is 0 Å². The third-order valence-electron chi connectivity index (χ3n) is 5.82. The fourth-order valence-electron chi connectivity index (χ4n) is 4.27. The molecule has 1 heterocycles. The van der Waals surface area contributed by atoms with Gasteiger partial charge in [-0.1, -0.05) is 84.4 Å². The van der Waals surface area contributed by atoms with E-state index >= 15 is 0 Å². The number of hydrogen-bond donors (Lipinski definition) is 0. The van der Waals surface area contributed by atoms with Crippen LogP contribution in [0.4, 0.5) is 0 Å². The van der Waals surface area contributed by atoms with Gasteiger partial charge in [0.1, 0.15) is 0 Å². The van der Waals surface area contributed by atoms with Crippen molar-refractivity contribution in [1.29, 1.82) is 0 Å². The second kappa shape index (κ2) is 10.1. The molecule has 2 nitrogen and oxygen atoms in total. The van der Waals surface area contributed by atoms with Crippen molar-refractivity contribution in [2.24, 2.45) is 0 Å². The minimum atomic E-state index is 0.548. The van der Waals surface area contributed by atoms with Crippen LogP contribution in [0.25, 0.3) is 0 Å². The first-order valence-electron chi connectivity index (χ1n) is 10.5. The molecule has 0 spiro atoms. The number of nitrogens with zero attached hydrogens (tertiary/aromatic N) is 2. The molecular formula is C26H29ClN2. The summed E-state index contributed by atoms with van der Waals surface area (Å²) in [5.41, 5.74) is 4.13. The molecule has 1 aliphatic rings. The summed E-state index contributed by atoms with van der Waals surface area (Å²) in [4.78, 5) is 5.28. The van der Waals surface area contributed by atoms with Crippen LogP contribution >= 0.6 is 11.6 Å². The molecule has 1 atom stereocenters. The molecule has 4 rings (SSSR count). The van der Waals surface area contributed by atoms with Crippen LogP contribution in [0.1, 0.15) is 23.1 Å². The molecule has 29 heavy (non-hydrogen) atoms. The summed E-state index contributed by atoms with van der Waals surface area (Å²) in [6, 6.07) is 30.5. The average Bonchev–Trinajstić information content (AvgIpc) is 2.75. The molecule has 0 radical (unpaired) electrons. The normalized spacial score (nSPS) is 18.0. The quantitative estimate of drug-likeness (QED) is 0.501. The van der Waals surface area contributed by atoms with Gasteiger partial charge >= 0.3 is 0 Å². The van der Waals surface area contributed by atoms with Gasteiger partial charge in [-0.3, -0.25) is 9.80 Å². The lowest BCUT2D eigenvalue weighted by Gasteiger charge is -2.42. The monoisotopic (exact) mass is 404 g/mol. The lowest BCUT2D eigenvalue weighted by molar-refractivity contribution is 0.0597. The van der Waals surface area contributed by atoms with Gasteiger partial charge in [-0.15, -0.1) is 0 Å². The van der Waals surface area contributed by atoms with E-state index in [1.807, 2.05) is 6.07 Å². The van der Waals surface area contributed by atoms with E-state index in [0.29, 0.717) is 6.04 Å². The third-order valence-corrected chi connectivity index (χ3v) is 6.06. The predicted molar refractivity (Wildman–Crippen MR) is 122 cm³/mol. The molecule has 3 aromatic carbocycles. The van der Waals surface area contributed by atoms with E-state index in [1.165, 1.54) is 16.7 Å². The molecule has 150 valence electrons. The highest BCUT2D eigenvalue weighted by atomic mass is 35.5. The summed E-state index contributed by atoms with van der Waals surface area (Å²) >= 11 is 6.20. The third kappa shape index (κ3) is 5.93. The Labute approximate surface area is 179 Å². The number of aryl methyl sites for hydroxylation is 1. The Kier molecular flexibility index (Phi) is 7.00. The maximum atomic E-state index is 6.20. The first-order valence-corrected chi connectivity index (χ1v) is 10.9. The summed E-state index contributed by atoms with van der Waals surface area (Å²) in [6.45, 7) is 5.41. The molecular weight excluding hydrogens is 376 g/mol. The Balaban J connectivity index is 1.44. The second-order valence-electron chi connectivity index (χ2n) is 8.00. The lowest BCUT2D eigenvalue weighted by Crippen LogP contribution is -2.52. The van der Waals surface area contributed by atoms with E-state index in [0.717, 1.165) is 50.6 Å². The Hall–Kier alpha value is -2.13. The van der Waals surface area contributed by atoms with Crippen LogP contribution in [0, 0.1) is 0 Å². The van der Waals surface area contributed by atoms with Crippen LogP contribution < -0.4 is 0 Å². The summed E-state index contributed by atoms with van der Waals surface area (Å²) in [6.07, 6.45) is 2.22. The molecule has 0 unspecified atom stereocenters. The molecule has 3 heteroatoms. The largest absolute Gasteiger partial charge is 0.296 e. The van der Waals surface area contributed by atoms with Gasteiger partial charge in [0.05, 0.1) is 0 Å². The number of halogens is 1. The van der Waals surface area contributed by atoms with Crippen molar-refractivity contribution in [2.45, 2.75) is 32.0 Å². The van der Waals surface area contributed by atoms with E-state index in [1.54, 1.807) is 0 Å². The van der Waals surface area contributed by atoms with E-state index < -0.39 is 0 Å². The summed E-state index contributed by atoms with van der Waals surface area (Å²) in [7, 11) is 0. The smallest absolute Gasteiger partial charge is 0.0408 e. The van der Waals surface area contributed by atoms with Gasteiger partial charge in [-0.05, 0) is 41.7 Å². The van der Waals surface area contributed by atoms with Crippen molar-refractivity contribution in [3.8, 4) is 0 Å². The van der Waals surface area contributed by atoms with Crippen molar-refractivity contribution in [1.82, 2.24) is 9.80 Å². The highest BCUT2D eigenvalue weighted by Gasteiger charge is 2.26. The van der Waals surface area contributed by atoms with Crippen molar-refractivity contribution in [3.05, 3.63) is 107 Å². The Morgan fingerprint density at radius 2 is 1.38 bits per heavy atom. The molecule has 0 amide bonds. The second-order valence-corrected chi connectivity index (χ2v) is 8.44. The van der Waals surface area contributed by atoms with Crippen LogP contribution in [0.3, 0.4) is 0 Å². The standard InChI is InChI=1S/C26H29ClN2/c27-25-13-7-12-22(18-25)14-15-26-21-28(19-23-8-3-1-4-9-23)16-17-29(26)20-24-10-5-2-6-11-24/h1-13,18,26H,14-17,19-21H2/t26-/m0/s1. The van der Waals surface area contributed by atoms with E-state index in [9.17, 15) is 0 Å². The first-order chi connectivity index (χ1) is 14.3. The molecule has 1 fully saturated rings. The number of hydrogen-bond acceptors (Lipinski definition) is 2. The molecule has 0 saturated carbocycles. The van der Waals surface area contributed by atoms with Crippen LogP contribution in [-0.4, -0.2) is 35.5 Å². The number of piperazine rings is 1. The minimum absolute atomic E-state index is 0.548. The Morgan fingerprint density at radius 1 is 0.724 bits per heavy atom. The molecule has 1 saturated heterocycles. The molecule has 0 aromatic heterocycles. The number of rotatable bonds is 7. The van der Waals surface area contributed by atoms with Crippen molar-refractivity contribution < 1.29 is 0 Å². The van der Waals surface area contributed by atoms with Gasteiger partial charge in [0, 0.05) is 43.8 Å². The zero-order valence-corrected chi connectivity index (χ0v) is 17.6. The topological polar surface area (TPSA) is 6.48 Å².